The van der Waals surface area contributed by atoms with E-state index >= 15 is 0 Å². The number of amides is 2. The van der Waals surface area contributed by atoms with E-state index in [4.69, 9.17) is 0 Å². The molecule has 2 atom stereocenters. The van der Waals surface area contributed by atoms with Crippen molar-refractivity contribution >= 4 is 16.8 Å². The molecule has 0 aliphatic carbocycles. The van der Waals surface area contributed by atoms with Gasteiger partial charge in [0.25, 0.3) is 0 Å². The van der Waals surface area contributed by atoms with Gasteiger partial charge in [-0.1, -0.05) is 50.2 Å². The maximum atomic E-state index is 11.9. The molecule has 5 heteroatoms. The summed E-state index contributed by atoms with van der Waals surface area (Å²) < 4.78 is 0. The topological polar surface area (TPSA) is 81.6 Å². The molecule has 0 fully saturated rings. The van der Waals surface area contributed by atoms with E-state index in [2.05, 4.69) is 10.6 Å². The van der Waals surface area contributed by atoms with Crippen molar-refractivity contribution in [3.8, 4) is 0 Å². The van der Waals surface area contributed by atoms with E-state index in [1.54, 1.807) is 6.92 Å². The van der Waals surface area contributed by atoms with Crippen molar-refractivity contribution in [2.75, 3.05) is 13.1 Å². The van der Waals surface area contributed by atoms with E-state index in [1.165, 1.54) is 0 Å². The van der Waals surface area contributed by atoms with Crippen LogP contribution in [-0.2, 0) is 0 Å². The lowest BCUT2D eigenvalue weighted by Crippen LogP contribution is -2.42. The summed E-state index contributed by atoms with van der Waals surface area (Å²) in [5, 5.41) is 27.4. The molecular weight excluding hydrogens is 316 g/mol. The van der Waals surface area contributed by atoms with E-state index in [0.717, 1.165) is 16.3 Å². The molecular formula is C20H28N2O3. The Morgan fingerprint density at radius 1 is 1.08 bits per heavy atom. The van der Waals surface area contributed by atoms with Crippen LogP contribution in [-0.4, -0.2) is 35.4 Å². The molecule has 0 heterocycles. The van der Waals surface area contributed by atoms with E-state index in [0.29, 0.717) is 13.0 Å². The first-order chi connectivity index (χ1) is 11.8. The zero-order valence-electron chi connectivity index (χ0n) is 15.1. The van der Waals surface area contributed by atoms with Gasteiger partial charge < -0.3 is 20.8 Å². The number of rotatable bonds is 7. The van der Waals surface area contributed by atoms with Crippen LogP contribution in [0.25, 0.3) is 10.8 Å². The number of nitrogens with one attached hydrogen (secondary N) is 2. The SMILES string of the molecule is CC(O)CC(C)(C)CNC(=O)NCC(O)c1ccc2ccccc2c1. The highest BCUT2D eigenvalue weighted by molar-refractivity contribution is 5.83. The smallest absolute Gasteiger partial charge is 0.314 e. The number of hydrogen-bond acceptors (Lipinski definition) is 3. The maximum absolute atomic E-state index is 11.9. The third-order valence-electron chi connectivity index (χ3n) is 4.19. The lowest BCUT2D eigenvalue weighted by atomic mass is 9.87. The van der Waals surface area contributed by atoms with Crippen LogP contribution in [0.15, 0.2) is 42.5 Å². The standard InChI is InChI=1S/C20H28N2O3/c1-14(23)11-20(2,3)13-22-19(25)21-12-18(24)17-9-8-15-6-4-5-7-16(15)10-17/h4-10,14,18,23-24H,11-13H2,1-3H3,(H2,21,22,25). The van der Waals surface area contributed by atoms with E-state index < -0.39 is 12.2 Å². The molecule has 2 unspecified atom stereocenters. The minimum atomic E-state index is -0.763. The molecule has 0 saturated carbocycles. The van der Waals surface area contributed by atoms with Crippen LogP contribution in [0.5, 0.6) is 0 Å². The van der Waals surface area contributed by atoms with Crippen LogP contribution in [0.1, 0.15) is 38.9 Å². The molecule has 4 N–H and O–H groups in total. The van der Waals surface area contributed by atoms with Gasteiger partial charge in [0, 0.05) is 13.1 Å². The van der Waals surface area contributed by atoms with Gasteiger partial charge >= 0.3 is 6.03 Å². The Kier molecular flexibility index (Phi) is 6.39. The molecule has 0 bridgehead atoms. The van der Waals surface area contributed by atoms with Gasteiger partial charge in [0.1, 0.15) is 0 Å². The van der Waals surface area contributed by atoms with Gasteiger partial charge in [-0.25, -0.2) is 4.79 Å². The lowest BCUT2D eigenvalue weighted by Gasteiger charge is -2.26. The summed E-state index contributed by atoms with van der Waals surface area (Å²) in [4.78, 5) is 11.9. The molecule has 5 nitrogen and oxygen atoms in total. The van der Waals surface area contributed by atoms with Crippen molar-refractivity contribution in [2.24, 2.45) is 5.41 Å². The predicted molar refractivity (Wildman–Crippen MR) is 100 cm³/mol. The van der Waals surface area contributed by atoms with E-state index in [1.807, 2.05) is 56.3 Å². The molecule has 0 radical (unpaired) electrons. The summed E-state index contributed by atoms with van der Waals surface area (Å²) in [5.74, 6) is 0. The lowest BCUT2D eigenvalue weighted by molar-refractivity contribution is 0.128. The van der Waals surface area contributed by atoms with Crippen molar-refractivity contribution in [2.45, 2.75) is 39.4 Å². The molecule has 0 spiro atoms. The number of hydrogen-bond donors (Lipinski definition) is 4. The van der Waals surface area contributed by atoms with Crippen molar-refractivity contribution in [3.63, 3.8) is 0 Å². The minimum absolute atomic E-state index is 0.140. The zero-order chi connectivity index (χ0) is 18.4. The van der Waals surface area contributed by atoms with Crippen molar-refractivity contribution in [3.05, 3.63) is 48.0 Å². The Bertz CT molecular complexity index is 713. The second kappa shape index (κ2) is 8.32. The van der Waals surface area contributed by atoms with Gasteiger partial charge in [0.15, 0.2) is 0 Å². The molecule has 0 aliphatic heterocycles. The highest BCUT2D eigenvalue weighted by Gasteiger charge is 2.21. The van der Waals surface area contributed by atoms with Crippen LogP contribution in [0.4, 0.5) is 4.79 Å². The second-order valence-electron chi connectivity index (χ2n) is 7.40. The Morgan fingerprint density at radius 3 is 2.44 bits per heavy atom. The number of urea groups is 1. The number of benzene rings is 2. The first-order valence-corrected chi connectivity index (χ1v) is 8.63. The molecule has 0 aliphatic rings. The maximum Gasteiger partial charge on any atom is 0.314 e. The summed E-state index contributed by atoms with van der Waals surface area (Å²) >= 11 is 0. The van der Waals surface area contributed by atoms with Gasteiger partial charge in [0.2, 0.25) is 0 Å². The second-order valence-corrected chi connectivity index (χ2v) is 7.40. The van der Waals surface area contributed by atoms with E-state index in [9.17, 15) is 15.0 Å². The fourth-order valence-electron chi connectivity index (χ4n) is 2.98. The van der Waals surface area contributed by atoms with Crippen molar-refractivity contribution in [1.82, 2.24) is 10.6 Å². The van der Waals surface area contributed by atoms with Crippen LogP contribution in [0.3, 0.4) is 0 Å². The van der Waals surface area contributed by atoms with Gasteiger partial charge in [0.05, 0.1) is 12.2 Å². The molecule has 2 aromatic carbocycles. The van der Waals surface area contributed by atoms with E-state index in [-0.39, 0.29) is 18.0 Å². The van der Waals surface area contributed by atoms with Crippen molar-refractivity contribution in [1.29, 1.82) is 0 Å². The predicted octanol–water partition coefficient (Wildman–Crippen LogP) is 2.97. The van der Waals surface area contributed by atoms with Gasteiger partial charge in [-0.3, -0.25) is 0 Å². The Hall–Kier alpha value is -2.11. The van der Waals surface area contributed by atoms with Crippen molar-refractivity contribution < 1.29 is 15.0 Å². The van der Waals surface area contributed by atoms with Crippen LogP contribution < -0.4 is 10.6 Å². The molecule has 2 amide bonds. The highest BCUT2D eigenvalue weighted by Crippen LogP contribution is 2.21. The summed E-state index contributed by atoms with van der Waals surface area (Å²) in [5.41, 5.74) is 0.580. The van der Waals surface area contributed by atoms with Gasteiger partial charge in [-0.2, -0.15) is 0 Å². The zero-order valence-corrected chi connectivity index (χ0v) is 15.1. The average molecular weight is 344 g/mol. The first-order valence-electron chi connectivity index (χ1n) is 8.63. The Labute approximate surface area is 149 Å². The number of aliphatic hydroxyl groups is 2. The largest absolute Gasteiger partial charge is 0.393 e. The molecule has 25 heavy (non-hydrogen) atoms. The Balaban J connectivity index is 1.84. The molecule has 2 aromatic rings. The minimum Gasteiger partial charge on any atom is -0.393 e. The number of aliphatic hydroxyl groups excluding tert-OH is 2. The number of carbonyl (C=O) groups is 1. The monoisotopic (exact) mass is 344 g/mol. The van der Waals surface area contributed by atoms with Crippen LogP contribution in [0.2, 0.25) is 0 Å². The van der Waals surface area contributed by atoms with Gasteiger partial charge in [-0.05, 0) is 41.2 Å². The molecule has 0 aromatic heterocycles. The average Bonchev–Trinajstić information content (AvgIpc) is 2.56. The quantitative estimate of drug-likeness (QED) is 0.623. The Morgan fingerprint density at radius 2 is 1.76 bits per heavy atom. The third-order valence-corrected chi connectivity index (χ3v) is 4.19. The molecule has 2 rings (SSSR count). The summed E-state index contributed by atoms with van der Waals surface area (Å²) in [6.07, 6.45) is -0.567. The fraction of sp³-hybridized carbons (Fsp3) is 0.450. The molecule has 0 saturated heterocycles. The summed E-state index contributed by atoms with van der Waals surface area (Å²) in [7, 11) is 0. The highest BCUT2D eigenvalue weighted by atomic mass is 16.3. The fourth-order valence-corrected chi connectivity index (χ4v) is 2.98. The summed E-state index contributed by atoms with van der Waals surface area (Å²) in [6.45, 7) is 6.31. The number of fused-ring (bicyclic) bond motifs is 1. The van der Waals surface area contributed by atoms with Crippen LogP contribution >= 0.6 is 0 Å². The number of carbonyl (C=O) groups excluding carboxylic acids is 1. The summed E-state index contributed by atoms with van der Waals surface area (Å²) in [6, 6.07) is 13.4. The first kappa shape index (κ1) is 19.2. The normalized spacial score (nSPS) is 14.1. The van der Waals surface area contributed by atoms with Crippen LogP contribution in [0, 0.1) is 5.41 Å². The van der Waals surface area contributed by atoms with Gasteiger partial charge in [-0.15, -0.1) is 0 Å². The third kappa shape index (κ3) is 6.03. The molecule has 136 valence electrons.